The minimum atomic E-state index is -0.118. The van der Waals surface area contributed by atoms with E-state index in [0.29, 0.717) is 25.0 Å². The molecule has 3 unspecified atom stereocenters. The standard InChI is InChI=1S/C17H27FN2/c1-13-6-5-8-14(10-13)17(11-19)20(2)12-15-7-3-4-9-16(15)18/h3-4,7,9,13-14,17H,5-6,8,10-12,19H2,1-2H3. The van der Waals surface area contributed by atoms with Crippen molar-refractivity contribution in [2.45, 2.75) is 45.2 Å². The summed E-state index contributed by atoms with van der Waals surface area (Å²) < 4.78 is 13.8. The lowest BCUT2D eigenvalue weighted by molar-refractivity contribution is 0.124. The predicted octanol–water partition coefficient (Wildman–Crippen LogP) is 3.41. The Labute approximate surface area is 122 Å². The van der Waals surface area contributed by atoms with Crippen LogP contribution in [0.2, 0.25) is 0 Å². The van der Waals surface area contributed by atoms with Gasteiger partial charge in [0, 0.05) is 24.7 Å². The molecule has 2 nitrogen and oxygen atoms in total. The van der Waals surface area contributed by atoms with E-state index in [0.717, 1.165) is 11.5 Å². The van der Waals surface area contributed by atoms with E-state index >= 15 is 0 Å². The molecule has 3 atom stereocenters. The van der Waals surface area contributed by atoms with Crippen LogP contribution in [0.3, 0.4) is 0 Å². The average molecular weight is 278 g/mol. The summed E-state index contributed by atoms with van der Waals surface area (Å²) in [4.78, 5) is 2.24. The quantitative estimate of drug-likeness (QED) is 0.894. The van der Waals surface area contributed by atoms with Gasteiger partial charge in [-0.3, -0.25) is 4.90 Å². The minimum absolute atomic E-state index is 0.118. The first-order chi connectivity index (χ1) is 9.61. The summed E-state index contributed by atoms with van der Waals surface area (Å²) in [5, 5.41) is 0. The van der Waals surface area contributed by atoms with Gasteiger partial charge in [0.05, 0.1) is 0 Å². The second-order valence-corrected chi connectivity index (χ2v) is 6.34. The maximum Gasteiger partial charge on any atom is 0.127 e. The molecule has 0 spiro atoms. The van der Waals surface area contributed by atoms with Crippen LogP contribution in [0.15, 0.2) is 24.3 Å². The van der Waals surface area contributed by atoms with Crippen LogP contribution in [0.4, 0.5) is 4.39 Å². The van der Waals surface area contributed by atoms with Crippen LogP contribution in [0.5, 0.6) is 0 Å². The molecule has 1 saturated carbocycles. The van der Waals surface area contributed by atoms with Crippen molar-refractivity contribution in [3.05, 3.63) is 35.6 Å². The molecule has 20 heavy (non-hydrogen) atoms. The van der Waals surface area contributed by atoms with Crippen LogP contribution in [-0.2, 0) is 6.54 Å². The van der Waals surface area contributed by atoms with Gasteiger partial charge in [-0.2, -0.15) is 0 Å². The highest BCUT2D eigenvalue weighted by Crippen LogP contribution is 2.32. The third-order valence-electron chi connectivity index (χ3n) is 4.71. The second kappa shape index (κ2) is 7.19. The summed E-state index contributed by atoms with van der Waals surface area (Å²) in [6.45, 7) is 3.62. The number of benzene rings is 1. The van der Waals surface area contributed by atoms with Crippen molar-refractivity contribution < 1.29 is 4.39 Å². The molecule has 1 aromatic carbocycles. The van der Waals surface area contributed by atoms with Gasteiger partial charge < -0.3 is 5.73 Å². The zero-order chi connectivity index (χ0) is 14.5. The van der Waals surface area contributed by atoms with Gasteiger partial charge in [-0.25, -0.2) is 4.39 Å². The third-order valence-corrected chi connectivity index (χ3v) is 4.71. The molecule has 0 radical (unpaired) electrons. The van der Waals surface area contributed by atoms with E-state index in [-0.39, 0.29) is 5.82 Å². The molecule has 1 aromatic rings. The summed E-state index contributed by atoms with van der Waals surface area (Å²) in [7, 11) is 2.07. The zero-order valence-corrected chi connectivity index (χ0v) is 12.7. The van der Waals surface area contributed by atoms with Crippen LogP contribution >= 0.6 is 0 Å². The minimum Gasteiger partial charge on any atom is -0.329 e. The fourth-order valence-electron chi connectivity index (χ4n) is 3.58. The molecule has 0 heterocycles. The Morgan fingerprint density at radius 1 is 1.35 bits per heavy atom. The van der Waals surface area contributed by atoms with Gasteiger partial charge in [0.2, 0.25) is 0 Å². The molecule has 3 heteroatoms. The van der Waals surface area contributed by atoms with Gasteiger partial charge in [0.1, 0.15) is 5.82 Å². The third kappa shape index (κ3) is 3.80. The molecule has 1 aliphatic rings. The second-order valence-electron chi connectivity index (χ2n) is 6.34. The van der Waals surface area contributed by atoms with E-state index in [2.05, 4.69) is 18.9 Å². The summed E-state index contributed by atoms with van der Waals surface area (Å²) >= 11 is 0. The van der Waals surface area contributed by atoms with E-state index in [4.69, 9.17) is 5.73 Å². The van der Waals surface area contributed by atoms with Gasteiger partial charge >= 0.3 is 0 Å². The number of halogens is 1. The summed E-state index contributed by atoms with van der Waals surface area (Å²) in [5.41, 5.74) is 6.77. The van der Waals surface area contributed by atoms with Crippen LogP contribution < -0.4 is 5.73 Å². The first kappa shape index (κ1) is 15.5. The van der Waals surface area contributed by atoms with Gasteiger partial charge in [-0.15, -0.1) is 0 Å². The topological polar surface area (TPSA) is 29.3 Å². The molecule has 2 N–H and O–H groups in total. The van der Waals surface area contributed by atoms with Crippen molar-refractivity contribution in [2.24, 2.45) is 17.6 Å². The lowest BCUT2D eigenvalue weighted by Crippen LogP contribution is -2.44. The van der Waals surface area contributed by atoms with Crippen LogP contribution in [0.1, 0.15) is 38.2 Å². The van der Waals surface area contributed by atoms with E-state index in [1.54, 1.807) is 6.07 Å². The molecule has 0 aromatic heterocycles. The van der Waals surface area contributed by atoms with Crippen molar-refractivity contribution in [1.82, 2.24) is 4.90 Å². The highest BCUT2D eigenvalue weighted by Gasteiger charge is 2.28. The maximum atomic E-state index is 13.8. The summed E-state index contributed by atoms with van der Waals surface area (Å²) in [6, 6.07) is 7.39. The average Bonchev–Trinajstić information content (AvgIpc) is 2.42. The molecule has 1 aliphatic carbocycles. The molecule has 1 fully saturated rings. The summed E-state index contributed by atoms with van der Waals surface area (Å²) in [5.74, 6) is 1.33. The molecule has 112 valence electrons. The number of rotatable bonds is 5. The lowest BCUT2D eigenvalue weighted by Gasteiger charge is -2.38. The Hall–Kier alpha value is -0.930. The number of hydrogen-bond acceptors (Lipinski definition) is 2. The Morgan fingerprint density at radius 3 is 2.75 bits per heavy atom. The lowest BCUT2D eigenvalue weighted by atomic mass is 9.78. The van der Waals surface area contributed by atoms with Crippen LogP contribution in [-0.4, -0.2) is 24.5 Å². The fourth-order valence-corrected chi connectivity index (χ4v) is 3.58. The largest absolute Gasteiger partial charge is 0.329 e. The first-order valence-electron chi connectivity index (χ1n) is 7.75. The summed E-state index contributed by atoms with van der Waals surface area (Å²) in [6.07, 6.45) is 5.15. The molecule has 0 saturated heterocycles. The highest BCUT2D eigenvalue weighted by atomic mass is 19.1. The number of nitrogens with zero attached hydrogens (tertiary/aromatic N) is 1. The smallest absolute Gasteiger partial charge is 0.127 e. The van der Waals surface area contributed by atoms with Gasteiger partial charge in [0.15, 0.2) is 0 Å². The Bertz CT molecular complexity index is 421. The van der Waals surface area contributed by atoms with Crippen molar-refractivity contribution in [3.63, 3.8) is 0 Å². The van der Waals surface area contributed by atoms with E-state index in [1.165, 1.54) is 31.7 Å². The van der Waals surface area contributed by atoms with Gasteiger partial charge in [0.25, 0.3) is 0 Å². The molecule has 2 rings (SSSR count). The number of likely N-dealkylation sites (N-methyl/N-ethyl adjacent to an activating group) is 1. The van der Waals surface area contributed by atoms with Crippen LogP contribution in [0.25, 0.3) is 0 Å². The Kier molecular flexibility index (Phi) is 5.55. The van der Waals surface area contributed by atoms with Crippen LogP contribution in [0, 0.1) is 17.7 Å². The maximum absolute atomic E-state index is 13.8. The predicted molar refractivity (Wildman–Crippen MR) is 81.8 cm³/mol. The molecule has 0 aliphatic heterocycles. The Morgan fingerprint density at radius 2 is 2.10 bits per heavy atom. The Balaban J connectivity index is 2.01. The first-order valence-corrected chi connectivity index (χ1v) is 7.75. The highest BCUT2D eigenvalue weighted by molar-refractivity contribution is 5.17. The van der Waals surface area contributed by atoms with E-state index < -0.39 is 0 Å². The molecule has 0 amide bonds. The van der Waals surface area contributed by atoms with Gasteiger partial charge in [-0.05, 0) is 37.8 Å². The van der Waals surface area contributed by atoms with Crippen molar-refractivity contribution in [3.8, 4) is 0 Å². The SMILES string of the molecule is CC1CCCC(C(CN)N(C)Cc2ccccc2F)C1. The van der Waals surface area contributed by atoms with E-state index in [9.17, 15) is 4.39 Å². The number of hydrogen-bond donors (Lipinski definition) is 1. The van der Waals surface area contributed by atoms with E-state index in [1.807, 2.05) is 12.1 Å². The monoisotopic (exact) mass is 278 g/mol. The number of nitrogens with two attached hydrogens (primary N) is 1. The molecular weight excluding hydrogens is 251 g/mol. The van der Waals surface area contributed by atoms with Crippen molar-refractivity contribution in [2.75, 3.05) is 13.6 Å². The molecular formula is C17H27FN2. The zero-order valence-electron chi connectivity index (χ0n) is 12.7. The normalized spacial score (nSPS) is 24.9. The fraction of sp³-hybridized carbons (Fsp3) is 0.647. The van der Waals surface area contributed by atoms with Gasteiger partial charge in [-0.1, -0.05) is 38.0 Å². The van der Waals surface area contributed by atoms with Crippen molar-refractivity contribution >= 4 is 0 Å². The molecule has 0 bridgehead atoms. The van der Waals surface area contributed by atoms with Crippen molar-refractivity contribution in [1.29, 1.82) is 0 Å².